The van der Waals surface area contributed by atoms with Crippen molar-refractivity contribution in [3.8, 4) is 0 Å². The van der Waals surface area contributed by atoms with Gasteiger partial charge in [-0.15, -0.1) is 24.8 Å². The van der Waals surface area contributed by atoms with Crippen LogP contribution in [-0.4, -0.2) is 49.1 Å². The van der Waals surface area contributed by atoms with E-state index in [9.17, 15) is 4.79 Å². The van der Waals surface area contributed by atoms with Crippen LogP contribution in [0.5, 0.6) is 0 Å². The molecule has 2 saturated heterocycles. The smallest absolute Gasteiger partial charge is 0.237 e. The lowest BCUT2D eigenvalue weighted by atomic mass is 9.85. The van der Waals surface area contributed by atoms with Crippen molar-refractivity contribution in [3.05, 3.63) is 0 Å². The summed E-state index contributed by atoms with van der Waals surface area (Å²) >= 11 is 0. The van der Waals surface area contributed by atoms with Crippen LogP contribution in [0.25, 0.3) is 0 Å². The third kappa shape index (κ3) is 5.77. The number of carbonyl (C=O) groups excluding carboxylic acids is 1. The average Bonchev–Trinajstić information content (AvgIpc) is 2.91. The summed E-state index contributed by atoms with van der Waals surface area (Å²) in [6.45, 7) is 6.54. The van der Waals surface area contributed by atoms with Crippen LogP contribution < -0.4 is 10.6 Å². The molecule has 0 bridgehead atoms. The van der Waals surface area contributed by atoms with Crippen molar-refractivity contribution < 1.29 is 4.79 Å². The number of nitrogens with one attached hydrogen (secondary N) is 2. The summed E-state index contributed by atoms with van der Waals surface area (Å²) in [6, 6.07) is 0.677. The van der Waals surface area contributed by atoms with E-state index in [0.717, 1.165) is 31.3 Å². The summed E-state index contributed by atoms with van der Waals surface area (Å²) in [6.07, 6.45) is 8.98. The van der Waals surface area contributed by atoms with E-state index >= 15 is 0 Å². The average molecular weight is 366 g/mol. The van der Waals surface area contributed by atoms with Crippen molar-refractivity contribution in [2.75, 3.05) is 26.2 Å². The molecule has 0 aromatic heterocycles. The number of piperidine rings is 1. The number of fused-ring (bicyclic) bond motifs is 1. The van der Waals surface area contributed by atoms with Crippen LogP contribution in [0.15, 0.2) is 0 Å². The summed E-state index contributed by atoms with van der Waals surface area (Å²) < 4.78 is 0. The van der Waals surface area contributed by atoms with Gasteiger partial charge in [0.05, 0.1) is 6.04 Å². The summed E-state index contributed by atoms with van der Waals surface area (Å²) in [5.41, 5.74) is 0. The molecule has 136 valence electrons. The second-order valence-corrected chi connectivity index (χ2v) is 7.45. The number of nitrogens with zero attached hydrogens (tertiary/aromatic N) is 1. The minimum atomic E-state index is 0. The van der Waals surface area contributed by atoms with Crippen molar-refractivity contribution in [1.29, 1.82) is 0 Å². The Bertz CT molecular complexity index is 356. The van der Waals surface area contributed by atoms with Crippen molar-refractivity contribution in [2.24, 2.45) is 11.8 Å². The first-order valence-corrected chi connectivity index (χ1v) is 8.98. The Morgan fingerprint density at radius 2 is 1.96 bits per heavy atom. The fourth-order valence-electron chi connectivity index (χ4n) is 4.47. The molecule has 2 N–H and O–H groups in total. The molecule has 1 aliphatic carbocycles. The summed E-state index contributed by atoms with van der Waals surface area (Å²) in [5.74, 6) is 1.79. The van der Waals surface area contributed by atoms with Crippen molar-refractivity contribution >= 4 is 30.7 Å². The van der Waals surface area contributed by atoms with Gasteiger partial charge in [0, 0.05) is 25.7 Å². The molecule has 4 atom stereocenters. The Balaban J connectivity index is 0.00000132. The van der Waals surface area contributed by atoms with Crippen LogP contribution in [0.3, 0.4) is 0 Å². The first kappa shape index (κ1) is 21.0. The third-order valence-electron chi connectivity index (χ3n) is 5.65. The largest absolute Gasteiger partial charge is 0.353 e. The highest BCUT2D eigenvalue weighted by Crippen LogP contribution is 2.33. The number of halogens is 2. The molecule has 0 aromatic rings. The maximum atomic E-state index is 12.3. The van der Waals surface area contributed by atoms with Crippen LogP contribution in [-0.2, 0) is 4.79 Å². The predicted molar refractivity (Wildman–Crippen MR) is 99.6 cm³/mol. The van der Waals surface area contributed by atoms with Gasteiger partial charge in [-0.2, -0.15) is 0 Å². The lowest BCUT2D eigenvalue weighted by Gasteiger charge is -2.30. The van der Waals surface area contributed by atoms with Gasteiger partial charge in [0.2, 0.25) is 5.91 Å². The summed E-state index contributed by atoms with van der Waals surface area (Å²) in [4.78, 5) is 14.8. The second kappa shape index (κ2) is 10.1. The molecule has 3 aliphatic rings. The van der Waals surface area contributed by atoms with Gasteiger partial charge in [-0.1, -0.05) is 19.8 Å². The van der Waals surface area contributed by atoms with Gasteiger partial charge in [-0.3, -0.25) is 4.79 Å². The van der Waals surface area contributed by atoms with E-state index in [2.05, 4.69) is 22.5 Å². The fraction of sp³-hybridized carbons (Fsp3) is 0.941. The first-order chi connectivity index (χ1) is 10.2. The number of carbonyl (C=O) groups is 1. The maximum Gasteiger partial charge on any atom is 0.237 e. The molecule has 2 heterocycles. The molecule has 4 nitrogen and oxygen atoms in total. The second-order valence-electron chi connectivity index (χ2n) is 7.45. The van der Waals surface area contributed by atoms with Crippen molar-refractivity contribution in [1.82, 2.24) is 15.5 Å². The first-order valence-electron chi connectivity index (χ1n) is 8.98. The van der Waals surface area contributed by atoms with Gasteiger partial charge < -0.3 is 15.5 Å². The zero-order valence-corrected chi connectivity index (χ0v) is 15.9. The minimum absolute atomic E-state index is 0. The highest BCUT2D eigenvalue weighted by molar-refractivity contribution is 5.85. The van der Waals surface area contributed by atoms with Crippen LogP contribution >= 0.6 is 24.8 Å². The molecule has 2 aliphatic heterocycles. The predicted octanol–water partition coefficient (Wildman–Crippen LogP) is 2.60. The Hall–Kier alpha value is -0.0300. The topological polar surface area (TPSA) is 44.4 Å². The third-order valence-corrected chi connectivity index (χ3v) is 5.65. The standard InChI is InChI=1S/C17H31N3O.2ClH/c1-13-5-4-9-20(12-13)10-8-18-17(21)16-11-14-6-2-3-7-15(14)19-16;;/h13-16,19H,2-12H2,1H3,(H,18,21);2*1H. The number of likely N-dealkylation sites (tertiary alicyclic amines) is 1. The molecule has 3 rings (SSSR count). The van der Waals surface area contributed by atoms with E-state index in [-0.39, 0.29) is 36.8 Å². The summed E-state index contributed by atoms with van der Waals surface area (Å²) in [5, 5.41) is 6.72. The molecule has 0 aromatic carbocycles. The molecular weight excluding hydrogens is 333 g/mol. The van der Waals surface area contributed by atoms with Gasteiger partial charge in [0.15, 0.2) is 0 Å². The molecule has 1 saturated carbocycles. The van der Waals surface area contributed by atoms with Crippen LogP contribution in [0, 0.1) is 11.8 Å². The Morgan fingerprint density at radius 1 is 1.17 bits per heavy atom. The van der Waals surface area contributed by atoms with Crippen LogP contribution in [0.4, 0.5) is 0 Å². The van der Waals surface area contributed by atoms with E-state index in [4.69, 9.17) is 0 Å². The van der Waals surface area contributed by atoms with E-state index in [1.165, 1.54) is 51.6 Å². The fourth-order valence-corrected chi connectivity index (χ4v) is 4.47. The van der Waals surface area contributed by atoms with Gasteiger partial charge in [0.1, 0.15) is 0 Å². The van der Waals surface area contributed by atoms with E-state index in [0.29, 0.717) is 6.04 Å². The molecule has 0 spiro atoms. The number of hydrogen-bond donors (Lipinski definition) is 2. The Kier molecular flexibility index (Phi) is 9.20. The minimum Gasteiger partial charge on any atom is -0.353 e. The Labute approximate surface area is 153 Å². The highest BCUT2D eigenvalue weighted by atomic mass is 35.5. The van der Waals surface area contributed by atoms with Crippen molar-refractivity contribution in [3.63, 3.8) is 0 Å². The SMILES string of the molecule is CC1CCCN(CCNC(=O)C2CC3CCCCC3N2)C1.Cl.Cl. The van der Waals surface area contributed by atoms with Crippen LogP contribution in [0.1, 0.15) is 51.9 Å². The van der Waals surface area contributed by atoms with E-state index < -0.39 is 0 Å². The van der Waals surface area contributed by atoms with Gasteiger partial charge in [-0.25, -0.2) is 0 Å². The van der Waals surface area contributed by atoms with E-state index in [1.807, 2.05) is 0 Å². The monoisotopic (exact) mass is 365 g/mol. The quantitative estimate of drug-likeness (QED) is 0.804. The molecule has 6 heteroatoms. The normalized spacial score (nSPS) is 34.0. The molecule has 23 heavy (non-hydrogen) atoms. The molecule has 1 amide bonds. The zero-order valence-electron chi connectivity index (χ0n) is 14.3. The maximum absolute atomic E-state index is 12.3. The number of hydrogen-bond acceptors (Lipinski definition) is 3. The van der Waals surface area contributed by atoms with Crippen LogP contribution in [0.2, 0.25) is 0 Å². The molecule has 4 unspecified atom stereocenters. The lowest BCUT2D eigenvalue weighted by molar-refractivity contribution is -0.122. The van der Waals surface area contributed by atoms with Gasteiger partial charge in [-0.05, 0) is 50.5 Å². The van der Waals surface area contributed by atoms with Crippen molar-refractivity contribution in [2.45, 2.75) is 64.0 Å². The van der Waals surface area contributed by atoms with Gasteiger partial charge >= 0.3 is 0 Å². The molecule has 3 fully saturated rings. The number of rotatable bonds is 4. The highest BCUT2D eigenvalue weighted by Gasteiger charge is 2.37. The van der Waals surface area contributed by atoms with Gasteiger partial charge in [0.25, 0.3) is 0 Å². The lowest BCUT2D eigenvalue weighted by Crippen LogP contribution is -2.46. The number of amides is 1. The molecular formula is C17H33Cl2N3O. The molecule has 0 radical (unpaired) electrons. The Morgan fingerprint density at radius 3 is 2.70 bits per heavy atom. The summed E-state index contributed by atoms with van der Waals surface area (Å²) in [7, 11) is 0. The zero-order chi connectivity index (χ0) is 14.7. The van der Waals surface area contributed by atoms with E-state index in [1.54, 1.807) is 0 Å².